The molecule has 0 saturated carbocycles. The van der Waals surface area contributed by atoms with Gasteiger partial charge in [0.25, 0.3) is 0 Å². The number of halogens is 1. The fraction of sp³-hybridized carbons (Fsp3) is 0.238. The minimum atomic E-state index is -0.428. The number of imidazole rings is 1. The number of nitrogens with one attached hydrogen (secondary N) is 2. The molecule has 2 amide bonds. The molecule has 0 aliphatic rings. The summed E-state index contributed by atoms with van der Waals surface area (Å²) in [6, 6.07) is 13.9. The second kappa shape index (κ2) is 9.84. The third-order valence-corrected chi connectivity index (χ3v) is 4.54. The van der Waals surface area contributed by atoms with Gasteiger partial charge in [-0.05, 0) is 42.0 Å². The van der Waals surface area contributed by atoms with Crippen molar-refractivity contribution in [2.24, 2.45) is 7.05 Å². The molecule has 1 aromatic heterocycles. The van der Waals surface area contributed by atoms with Crippen molar-refractivity contribution < 1.29 is 14.3 Å². The van der Waals surface area contributed by atoms with Gasteiger partial charge in [0.05, 0.1) is 13.7 Å². The molecule has 0 aliphatic carbocycles. The summed E-state index contributed by atoms with van der Waals surface area (Å²) in [5.41, 5.74) is 0.867. The summed E-state index contributed by atoms with van der Waals surface area (Å²) < 4.78 is 12.8. The van der Waals surface area contributed by atoms with E-state index in [0.717, 1.165) is 5.56 Å². The molecule has 0 aliphatic heterocycles. The molecule has 1 heterocycles. The first-order valence-corrected chi connectivity index (χ1v) is 9.48. The van der Waals surface area contributed by atoms with Gasteiger partial charge in [0.1, 0.15) is 30.0 Å². The third kappa shape index (κ3) is 5.65. The second-order valence-electron chi connectivity index (χ2n) is 6.31. The zero-order valence-electron chi connectivity index (χ0n) is 16.3. The average Bonchev–Trinajstić information content (AvgIpc) is 3.16. The molecule has 0 radical (unpaired) electrons. The fourth-order valence-corrected chi connectivity index (χ4v) is 2.95. The quantitative estimate of drug-likeness (QED) is 0.552. The van der Waals surface area contributed by atoms with Crippen LogP contribution in [-0.4, -0.2) is 35.8 Å². The lowest BCUT2D eigenvalue weighted by Crippen LogP contribution is -2.40. The van der Waals surface area contributed by atoms with Gasteiger partial charge in [0.2, 0.25) is 0 Å². The van der Waals surface area contributed by atoms with Crippen LogP contribution in [0.5, 0.6) is 11.5 Å². The van der Waals surface area contributed by atoms with Crippen LogP contribution in [0.2, 0.25) is 5.02 Å². The van der Waals surface area contributed by atoms with E-state index in [9.17, 15) is 4.79 Å². The van der Waals surface area contributed by atoms with Crippen molar-refractivity contribution in [1.29, 1.82) is 0 Å². The van der Waals surface area contributed by atoms with Crippen LogP contribution >= 0.6 is 11.6 Å². The number of benzene rings is 2. The van der Waals surface area contributed by atoms with Gasteiger partial charge in [-0.2, -0.15) is 0 Å². The van der Waals surface area contributed by atoms with Crippen LogP contribution in [0.15, 0.2) is 60.9 Å². The number of hydrogen-bond donors (Lipinski definition) is 2. The highest BCUT2D eigenvalue weighted by atomic mass is 35.5. The molecule has 3 aromatic rings. The summed E-state index contributed by atoms with van der Waals surface area (Å²) in [7, 11) is 3.49. The maximum Gasteiger partial charge on any atom is 0.315 e. The first-order chi connectivity index (χ1) is 14.1. The van der Waals surface area contributed by atoms with Gasteiger partial charge in [-0.15, -0.1) is 0 Å². The number of aromatic nitrogens is 2. The molecule has 2 aromatic carbocycles. The zero-order valence-corrected chi connectivity index (χ0v) is 17.0. The fourth-order valence-electron chi connectivity index (χ4n) is 2.82. The van der Waals surface area contributed by atoms with Crippen molar-refractivity contribution in [2.45, 2.75) is 6.04 Å². The number of carbonyl (C=O) groups excluding carboxylic acids is 1. The van der Waals surface area contributed by atoms with Gasteiger partial charge in [-0.3, -0.25) is 0 Å². The van der Waals surface area contributed by atoms with Crippen LogP contribution < -0.4 is 20.1 Å². The Morgan fingerprint density at radius 1 is 1.21 bits per heavy atom. The van der Waals surface area contributed by atoms with Crippen molar-refractivity contribution in [3.05, 3.63) is 77.3 Å². The number of methoxy groups -OCH3 is 1. The Balaban J connectivity index is 1.60. The van der Waals surface area contributed by atoms with Crippen LogP contribution in [0.25, 0.3) is 0 Å². The molecule has 1 atom stereocenters. The molecule has 3 rings (SSSR count). The van der Waals surface area contributed by atoms with E-state index in [1.807, 2.05) is 42.1 Å². The highest BCUT2D eigenvalue weighted by Crippen LogP contribution is 2.24. The first-order valence-electron chi connectivity index (χ1n) is 9.10. The Morgan fingerprint density at radius 3 is 2.69 bits per heavy atom. The summed E-state index contributed by atoms with van der Waals surface area (Å²) >= 11 is 5.85. The number of ether oxygens (including phenoxy) is 2. The van der Waals surface area contributed by atoms with E-state index < -0.39 is 6.04 Å². The molecule has 8 heteroatoms. The Hall–Kier alpha value is -3.19. The SMILES string of the molecule is COc1cccc([C@H](NC(=O)NCCOc2ccc(Cl)cc2)c2nccn2C)c1. The van der Waals surface area contributed by atoms with Crippen molar-refractivity contribution in [1.82, 2.24) is 20.2 Å². The maximum atomic E-state index is 12.5. The van der Waals surface area contributed by atoms with E-state index in [1.54, 1.807) is 37.6 Å². The predicted molar refractivity (Wildman–Crippen MR) is 112 cm³/mol. The Labute approximate surface area is 174 Å². The molecule has 152 valence electrons. The van der Waals surface area contributed by atoms with Crippen LogP contribution in [0, 0.1) is 0 Å². The van der Waals surface area contributed by atoms with Crippen LogP contribution in [0.4, 0.5) is 4.79 Å². The Morgan fingerprint density at radius 2 is 2.00 bits per heavy atom. The number of hydrogen-bond acceptors (Lipinski definition) is 4. The van der Waals surface area contributed by atoms with E-state index in [0.29, 0.717) is 35.5 Å². The molecule has 0 saturated heterocycles. The molecule has 7 nitrogen and oxygen atoms in total. The number of carbonyl (C=O) groups is 1. The minimum Gasteiger partial charge on any atom is -0.497 e. The lowest BCUT2D eigenvalue weighted by Gasteiger charge is -2.20. The lowest BCUT2D eigenvalue weighted by molar-refractivity contribution is 0.233. The zero-order chi connectivity index (χ0) is 20.6. The molecular formula is C21H23ClN4O3. The monoisotopic (exact) mass is 414 g/mol. The Bertz CT molecular complexity index is 943. The second-order valence-corrected chi connectivity index (χ2v) is 6.75. The third-order valence-electron chi connectivity index (χ3n) is 4.29. The number of urea groups is 1. The standard InChI is InChI=1S/C21H23ClN4O3/c1-26-12-10-23-20(26)19(15-4-3-5-18(14-15)28-2)25-21(27)24-11-13-29-17-8-6-16(22)7-9-17/h3-10,12,14,19H,11,13H2,1-2H3,(H2,24,25,27)/t19-/m0/s1. The number of amides is 2. The molecular weight excluding hydrogens is 392 g/mol. The van der Waals surface area contributed by atoms with Crippen molar-refractivity contribution in [2.75, 3.05) is 20.3 Å². The molecule has 0 fully saturated rings. The lowest BCUT2D eigenvalue weighted by atomic mass is 10.1. The van der Waals surface area contributed by atoms with Crippen LogP contribution in [0.1, 0.15) is 17.4 Å². The number of nitrogens with zero attached hydrogens (tertiary/aromatic N) is 2. The largest absolute Gasteiger partial charge is 0.497 e. The average molecular weight is 415 g/mol. The number of aryl methyl sites for hydroxylation is 1. The molecule has 0 unspecified atom stereocenters. The van der Waals surface area contributed by atoms with Gasteiger partial charge in [0, 0.05) is 24.5 Å². The molecule has 29 heavy (non-hydrogen) atoms. The van der Waals surface area contributed by atoms with Gasteiger partial charge in [-0.1, -0.05) is 23.7 Å². The minimum absolute atomic E-state index is 0.319. The van der Waals surface area contributed by atoms with E-state index in [1.165, 1.54) is 0 Å². The van der Waals surface area contributed by atoms with Gasteiger partial charge < -0.3 is 24.7 Å². The van der Waals surface area contributed by atoms with Crippen LogP contribution in [-0.2, 0) is 7.05 Å². The summed E-state index contributed by atoms with van der Waals surface area (Å²) in [5, 5.41) is 6.42. The van der Waals surface area contributed by atoms with Crippen molar-refractivity contribution in [3.8, 4) is 11.5 Å². The topological polar surface area (TPSA) is 77.4 Å². The normalized spacial score (nSPS) is 11.6. The molecule has 2 N–H and O–H groups in total. The van der Waals surface area contributed by atoms with Crippen molar-refractivity contribution >= 4 is 17.6 Å². The predicted octanol–water partition coefficient (Wildman–Crippen LogP) is 3.55. The highest BCUT2D eigenvalue weighted by molar-refractivity contribution is 6.30. The van der Waals surface area contributed by atoms with E-state index in [-0.39, 0.29) is 6.03 Å². The summed E-state index contributed by atoms with van der Waals surface area (Å²) in [6.07, 6.45) is 3.53. The smallest absolute Gasteiger partial charge is 0.315 e. The summed E-state index contributed by atoms with van der Waals surface area (Å²) in [5.74, 6) is 2.12. The summed E-state index contributed by atoms with van der Waals surface area (Å²) in [6.45, 7) is 0.682. The van der Waals surface area contributed by atoms with E-state index >= 15 is 0 Å². The van der Waals surface area contributed by atoms with Crippen LogP contribution in [0.3, 0.4) is 0 Å². The Kier molecular flexibility index (Phi) is 6.97. The molecule has 0 spiro atoms. The molecule has 0 bridgehead atoms. The highest BCUT2D eigenvalue weighted by Gasteiger charge is 2.21. The maximum absolute atomic E-state index is 12.5. The van der Waals surface area contributed by atoms with Gasteiger partial charge in [0.15, 0.2) is 0 Å². The number of rotatable bonds is 8. The first kappa shape index (κ1) is 20.5. The van der Waals surface area contributed by atoms with Gasteiger partial charge >= 0.3 is 6.03 Å². The van der Waals surface area contributed by atoms with Gasteiger partial charge in [-0.25, -0.2) is 9.78 Å². The van der Waals surface area contributed by atoms with E-state index in [2.05, 4.69) is 15.6 Å². The summed E-state index contributed by atoms with van der Waals surface area (Å²) in [4.78, 5) is 16.9. The van der Waals surface area contributed by atoms with Crippen molar-refractivity contribution in [3.63, 3.8) is 0 Å². The van der Waals surface area contributed by atoms with E-state index in [4.69, 9.17) is 21.1 Å².